The van der Waals surface area contributed by atoms with E-state index in [1.54, 1.807) is 0 Å². The standard InChI is InChI=1S/C9H16N4O2/c1-7(2)5-15-9(14)10-4-3-8-11-6-12-13-8/h6-7H,3-5H2,1-2H3,(H,10,14)(H,11,12,13). The molecule has 0 unspecified atom stereocenters. The van der Waals surface area contributed by atoms with E-state index in [2.05, 4.69) is 20.5 Å². The molecular weight excluding hydrogens is 196 g/mol. The molecule has 0 fully saturated rings. The van der Waals surface area contributed by atoms with Gasteiger partial charge >= 0.3 is 6.09 Å². The van der Waals surface area contributed by atoms with E-state index in [1.165, 1.54) is 6.33 Å². The lowest BCUT2D eigenvalue weighted by Gasteiger charge is -2.07. The first-order valence-corrected chi connectivity index (χ1v) is 4.93. The van der Waals surface area contributed by atoms with Crippen molar-refractivity contribution in [3.8, 4) is 0 Å². The fraction of sp³-hybridized carbons (Fsp3) is 0.667. The highest BCUT2D eigenvalue weighted by Gasteiger charge is 2.03. The van der Waals surface area contributed by atoms with Crippen molar-refractivity contribution in [1.82, 2.24) is 20.5 Å². The van der Waals surface area contributed by atoms with Gasteiger partial charge in [0, 0.05) is 13.0 Å². The summed E-state index contributed by atoms with van der Waals surface area (Å²) in [6.45, 7) is 4.91. The van der Waals surface area contributed by atoms with Gasteiger partial charge in [0.05, 0.1) is 6.61 Å². The van der Waals surface area contributed by atoms with Crippen molar-refractivity contribution in [2.45, 2.75) is 20.3 Å². The fourth-order valence-corrected chi connectivity index (χ4v) is 0.928. The summed E-state index contributed by atoms with van der Waals surface area (Å²) in [6.07, 6.45) is 1.67. The molecule has 1 aromatic rings. The molecule has 0 aliphatic rings. The number of carbonyl (C=O) groups excluding carboxylic acids is 1. The third-order valence-electron chi connectivity index (χ3n) is 1.64. The van der Waals surface area contributed by atoms with Gasteiger partial charge in [0.2, 0.25) is 0 Å². The zero-order valence-electron chi connectivity index (χ0n) is 8.99. The summed E-state index contributed by atoms with van der Waals surface area (Å²) in [4.78, 5) is 15.0. The topological polar surface area (TPSA) is 79.9 Å². The molecule has 0 aliphatic heterocycles. The first-order valence-electron chi connectivity index (χ1n) is 4.93. The van der Waals surface area contributed by atoms with Gasteiger partial charge < -0.3 is 10.1 Å². The third-order valence-corrected chi connectivity index (χ3v) is 1.64. The Kier molecular flexibility index (Phi) is 4.59. The molecule has 1 amide bonds. The van der Waals surface area contributed by atoms with Crippen LogP contribution in [0, 0.1) is 5.92 Å². The average Bonchev–Trinajstić information content (AvgIpc) is 2.67. The van der Waals surface area contributed by atoms with Gasteiger partial charge in [-0.05, 0) is 5.92 Å². The SMILES string of the molecule is CC(C)COC(=O)NCCc1ncn[nH]1. The van der Waals surface area contributed by atoms with E-state index in [-0.39, 0.29) is 6.09 Å². The van der Waals surface area contributed by atoms with Gasteiger partial charge in [-0.25, -0.2) is 9.78 Å². The smallest absolute Gasteiger partial charge is 0.407 e. The van der Waals surface area contributed by atoms with Crippen LogP contribution in [-0.2, 0) is 11.2 Å². The summed E-state index contributed by atoms with van der Waals surface area (Å²) in [5, 5.41) is 9.03. The van der Waals surface area contributed by atoms with Crippen LogP contribution in [0.3, 0.4) is 0 Å². The first-order chi connectivity index (χ1) is 7.18. The molecule has 1 aromatic heterocycles. The molecule has 0 atom stereocenters. The zero-order chi connectivity index (χ0) is 11.1. The quantitative estimate of drug-likeness (QED) is 0.754. The van der Waals surface area contributed by atoms with E-state index in [1.807, 2.05) is 13.8 Å². The van der Waals surface area contributed by atoms with Gasteiger partial charge in [0.1, 0.15) is 12.2 Å². The first kappa shape index (κ1) is 11.5. The van der Waals surface area contributed by atoms with Gasteiger partial charge in [-0.3, -0.25) is 5.10 Å². The van der Waals surface area contributed by atoms with Crippen LogP contribution in [0.4, 0.5) is 4.79 Å². The molecular formula is C9H16N4O2. The normalized spacial score (nSPS) is 10.3. The monoisotopic (exact) mass is 212 g/mol. The van der Waals surface area contributed by atoms with Gasteiger partial charge in [-0.2, -0.15) is 5.10 Å². The van der Waals surface area contributed by atoms with Crippen molar-refractivity contribution in [2.75, 3.05) is 13.2 Å². The zero-order valence-corrected chi connectivity index (χ0v) is 8.99. The predicted molar refractivity (Wildman–Crippen MR) is 54.3 cm³/mol. The van der Waals surface area contributed by atoms with Crippen LogP contribution >= 0.6 is 0 Å². The Labute approximate surface area is 88.4 Å². The Morgan fingerprint density at radius 1 is 1.67 bits per heavy atom. The number of H-pyrrole nitrogens is 1. The number of rotatable bonds is 5. The number of hydrogen-bond donors (Lipinski definition) is 2. The molecule has 0 aliphatic carbocycles. The van der Waals surface area contributed by atoms with Crippen LogP contribution in [0.25, 0.3) is 0 Å². The largest absolute Gasteiger partial charge is 0.449 e. The lowest BCUT2D eigenvalue weighted by Crippen LogP contribution is -2.27. The van der Waals surface area contributed by atoms with E-state index in [9.17, 15) is 4.79 Å². The van der Waals surface area contributed by atoms with Crippen LogP contribution in [0.5, 0.6) is 0 Å². The number of aromatic amines is 1. The van der Waals surface area contributed by atoms with Gasteiger partial charge in [-0.1, -0.05) is 13.8 Å². The van der Waals surface area contributed by atoms with E-state index < -0.39 is 0 Å². The molecule has 0 aromatic carbocycles. The molecule has 1 rings (SSSR count). The summed E-state index contributed by atoms with van der Waals surface area (Å²) >= 11 is 0. The molecule has 2 N–H and O–H groups in total. The number of alkyl carbamates (subject to hydrolysis) is 1. The lowest BCUT2D eigenvalue weighted by atomic mass is 10.2. The Morgan fingerprint density at radius 3 is 3.07 bits per heavy atom. The maximum absolute atomic E-state index is 11.1. The van der Waals surface area contributed by atoms with Crippen molar-refractivity contribution < 1.29 is 9.53 Å². The van der Waals surface area contributed by atoms with Crippen molar-refractivity contribution in [3.05, 3.63) is 12.2 Å². The number of carbonyl (C=O) groups is 1. The van der Waals surface area contributed by atoms with E-state index in [4.69, 9.17) is 4.74 Å². The molecule has 1 heterocycles. The highest BCUT2D eigenvalue weighted by atomic mass is 16.5. The number of nitrogens with one attached hydrogen (secondary N) is 2. The Hall–Kier alpha value is -1.59. The van der Waals surface area contributed by atoms with Crippen molar-refractivity contribution >= 4 is 6.09 Å². The van der Waals surface area contributed by atoms with Crippen molar-refractivity contribution in [2.24, 2.45) is 5.92 Å². The summed E-state index contributed by atoms with van der Waals surface area (Å²) in [6, 6.07) is 0. The Morgan fingerprint density at radius 2 is 2.47 bits per heavy atom. The molecule has 0 bridgehead atoms. The summed E-state index contributed by atoms with van der Waals surface area (Å²) < 4.78 is 4.93. The lowest BCUT2D eigenvalue weighted by molar-refractivity contribution is 0.133. The van der Waals surface area contributed by atoms with E-state index in [0.29, 0.717) is 25.5 Å². The maximum atomic E-state index is 11.1. The third kappa shape index (κ3) is 4.99. The van der Waals surface area contributed by atoms with E-state index in [0.717, 1.165) is 5.82 Å². The number of amides is 1. The molecule has 0 spiro atoms. The second kappa shape index (κ2) is 6.00. The van der Waals surface area contributed by atoms with Crippen LogP contribution in [0.1, 0.15) is 19.7 Å². The van der Waals surface area contributed by atoms with Crippen molar-refractivity contribution in [1.29, 1.82) is 0 Å². The summed E-state index contributed by atoms with van der Waals surface area (Å²) in [7, 11) is 0. The maximum Gasteiger partial charge on any atom is 0.407 e. The number of ether oxygens (including phenoxy) is 1. The molecule has 84 valence electrons. The molecule has 15 heavy (non-hydrogen) atoms. The predicted octanol–water partition coefficient (Wildman–Crippen LogP) is 0.729. The Balaban J connectivity index is 2.07. The number of hydrogen-bond acceptors (Lipinski definition) is 4. The van der Waals surface area contributed by atoms with Crippen LogP contribution in [0.15, 0.2) is 6.33 Å². The minimum atomic E-state index is -0.386. The highest BCUT2D eigenvalue weighted by molar-refractivity contribution is 5.67. The molecule has 6 nitrogen and oxygen atoms in total. The second-order valence-corrected chi connectivity index (χ2v) is 3.60. The van der Waals surface area contributed by atoms with E-state index >= 15 is 0 Å². The van der Waals surface area contributed by atoms with Crippen LogP contribution < -0.4 is 5.32 Å². The van der Waals surface area contributed by atoms with Gasteiger partial charge in [0.15, 0.2) is 0 Å². The molecule has 6 heteroatoms. The summed E-state index contributed by atoms with van der Waals surface area (Å²) in [5.41, 5.74) is 0. The van der Waals surface area contributed by atoms with Crippen LogP contribution in [0.2, 0.25) is 0 Å². The highest BCUT2D eigenvalue weighted by Crippen LogP contribution is 1.92. The number of aromatic nitrogens is 3. The molecule has 0 saturated carbocycles. The fourth-order valence-electron chi connectivity index (χ4n) is 0.928. The summed E-state index contributed by atoms with van der Waals surface area (Å²) in [5.74, 6) is 1.10. The molecule has 0 radical (unpaired) electrons. The van der Waals surface area contributed by atoms with Crippen molar-refractivity contribution in [3.63, 3.8) is 0 Å². The Bertz CT molecular complexity index is 284. The number of nitrogens with zero attached hydrogens (tertiary/aromatic N) is 2. The van der Waals surface area contributed by atoms with Crippen LogP contribution in [-0.4, -0.2) is 34.4 Å². The average molecular weight is 212 g/mol. The second-order valence-electron chi connectivity index (χ2n) is 3.60. The minimum absolute atomic E-state index is 0.352. The molecule has 0 saturated heterocycles. The minimum Gasteiger partial charge on any atom is -0.449 e. The van der Waals surface area contributed by atoms with Gasteiger partial charge in [-0.15, -0.1) is 0 Å². The van der Waals surface area contributed by atoms with Gasteiger partial charge in [0.25, 0.3) is 0 Å².